The Morgan fingerprint density at radius 2 is 2.00 bits per heavy atom. The van der Waals surface area contributed by atoms with Crippen molar-refractivity contribution in [3.63, 3.8) is 0 Å². The van der Waals surface area contributed by atoms with Crippen LogP contribution in [-0.4, -0.2) is 31.3 Å². The Labute approximate surface area is 155 Å². The Morgan fingerprint density at radius 3 is 2.85 bits per heavy atom. The molecule has 1 atom stereocenters. The van der Waals surface area contributed by atoms with Gasteiger partial charge >= 0.3 is 0 Å². The quantitative estimate of drug-likeness (QED) is 0.547. The van der Waals surface area contributed by atoms with Gasteiger partial charge in [-0.05, 0) is 31.0 Å². The van der Waals surface area contributed by atoms with E-state index in [0.717, 1.165) is 36.3 Å². The molecule has 1 saturated heterocycles. The summed E-state index contributed by atoms with van der Waals surface area (Å²) in [7, 11) is 0. The molecule has 1 fully saturated rings. The predicted molar refractivity (Wildman–Crippen MR) is 103 cm³/mol. The number of nitrogens with zero attached hydrogens (tertiary/aromatic N) is 5. The van der Waals surface area contributed by atoms with Crippen LogP contribution in [0.2, 0.25) is 0 Å². The third-order valence-electron chi connectivity index (χ3n) is 5.05. The molecule has 4 heterocycles. The maximum absolute atomic E-state index is 4.55. The van der Waals surface area contributed by atoms with Crippen LogP contribution in [0.4, 0.5) is 0 Å². The maximum atomic E-state index is 4.55. The molecule has 0 bridgehead atoms. The van der Waals surface area contributed by atoms with Crippen LogP contribution in [0.5, 0.6) is 0 Å². The van der Waals surface area contributed by atoms with Crippen molar-refractivity contribution in [1.82, 2.24) is 24.7 Å². The van der Waals surface area contributed by atoms with Crippen molar-refractivity contribution < 1.29 is 0 Å². The smallest absolute Gasteiger partial charge is 0.108 e. The highest BCUT2D eigenvalue weighted by molar-refractivity contribution is 7.09. The monoisotopic (exact) mass is 361 g/mol. The molecule has 5 nitrogen and oxygen atoms in total. The molecule has 0 N–H and O–H groups in total. The lowest BCUT2D eigenvalue weighted by atomic mass is 10.1. The van der Waals surface area contributed by atoms with Gasteiger partial charge in [0.05, 0.1) is 18.1 Å². The summed E-state index contributed by atoms with van der Waals surface area (Å²) in [6.07, 6.45) is 6.27. The lowest BCUT2D eigenvalue weighted by Gasteiger charge is -2.21. The Kier molecular flexibility index (Phi) is 3.99. The highest BCUT2D eigenvalue weighted by atomic mass is 32.1. The maximum Gasteiger partial charge on any atom is 0.108 e. The average Bonchev–Trinajstić information content (AvgIpc) is 3.43. The topological polar surface area (TPSA) is 46.3 Å². The second-order valence-electron chi connectivity index (χ2n) is 6.64. The van der Waals surface area contributed by atoms with Crippen LogP contribution in [-0.2, 0) is 6.54 Å². The van der Waals surface area contributed by atoms with E-state index in [-0.39, 0.29) is 0 Å². The van der Waals surface area contributed by atoms with Gasteiger partial charge in [-0.25, -0.2) is 9.50 Å². The highest BCUT2D eigenvalue weighted by Crippen LogP contribution is 2.34. The van der Waals surface area contributed by atoms with Crippen LogP contribution in [0.15, 0.2) is 60.2 Å². The SMILES string of the molecule is c1ccc(-c2ccc3c(C4CCCN4Cc4nccs4)nnn3c2)cc1. The molecule has 0 spiro atoms. The minimum Gasteiger partial charge on any atom is -0.288 e. The lowest BCUT2D eigenvalue weighted by molar-refractivity contribution is 0.245. The van der Waals surface area contributed by atoms with Gasteiger partial charge in [0, 0.05) is 23.3 Å². The van der Waals surface area contributed by atoms with E-state index in [1.165, 1.54) is 17.0 Å². The summed E-state index contributed by atoms with van der Waals surface area (Å²) >= 11 is 1.72. The molecule has 1 aromatic carbocycles. The van der Waals surface area contributed by atoms with Gasteiger partial charge in [-0.3, -0.25) is 4.90 Å². The minimum atomic E-state index is 0.318. The standard InChI is InChI=1S/C20H19N5S/c1-2-5-15(6-3-1)16-8-9-18-20(22-23-25(18)13-16)17-7-4-11-24(17)14-19-21-10-12-26-19/h1-3,5-6,8-10,12-13,17H,4,7,11,14H2. The normalized spacial score (nSPS) is 17.9. The van der Waals surface area contributed by atoms with Crippen molar-refractivity contribution in [3.8, 4) is 11.1 Å². The zero-order valence-corrected chi connectivity index (χ0v) is 15.1. The first-order chi connectivity index (χ1) is 12.9. The molecular formula is C20H19N5S. The molecule has 0 aliphatic carbocycles. The molecule has 0 saturated carbocycles. The lowest BCUT2D eigenvalue weighted by Crippen LogP contribution is -2.23. The second-order valence-corrected chi connectivity index (χ2v) is 7.62. The van der Waals surface area contributed by atoms with Gasteiger partial charge in [0.2, 0.25) is 0 Å². The number of hydrogen-bond acceptors (Lipinski definition) is 5. The van der Waals surface area contributed by atoms with Gasteiger partial charge in [-0.15, -0.1) is 16.4 Å². The summed E-state index contributed by atoms with van der Waals surface area (Å²) < 4.78 is 1.91. The highest BCUT2D eigenvalue weighted by Gasteiger charge is 2.30. The first-order valence-electron chi connectivity index (χ1n) is 8.91. The van der Waals surface area contributed by atoms with Crippen LogP contribution >= 0.6 is 11.3 Å². The summed E-state index contributed by atoms with van der Waals surface area (Å²) in [5, 5.41) is 12.2. The molecule has 1 unspecified atom stereocenters. The van der Waals surface area contributed by atoms with E-state index in [1.807, 2.05) is 22.2 Å². The molecule has 1 aliphatic heterocycles. The van der Waals surface area contributed by atoms with E-state index in [4.69, 9.17) is 0 Å². The third kappa shape index (κ3) is 2.81. The van der Waals surface area contributed by atoms with Crippen molar-refractivity contribution >= 4 is 16.9 Å². The van der Waals surface area contributed by atoms with Crippen LogP contribution in [0.3, 0.4) is 0 Å². The van der Waals surface area contributed by atoms with Gasteiger partial charge < -0.3 is 0 Å². The first kappa shape index (κ1) is 15.7. The number of aromatic nitrogens is 4. The molecule has 130 valence electrons. The molecule has 0 amide bonds. The molecule has 0 radical (unpaired) electrons. The summed E-state index contributed by atoms with van der Waals surface area (Å²) in [6, 6.07) is 15.0. The van der Waals surface area contributed by atoms with E-state index < -0.39 is 0 Å². The van der Waals surface area contributed by atoms with E-state index in [9.17, 15) is 0 Å². The van der Waals surface area contributed by atoms with Gasteiger partial charge in [0.25, 0.3) is 0 Å². The summed E-state index contributed by atoms with van der Waals surface area (Å²) in [4.78, 5) is 6.92. The third-order valence-corrected chi connectivity index (χ3v) is 5.81. The molecule has 6 heteroatoms. The molecule has 3 aromatic heterocycles. The van der Waals surface area contributed by atoms with Gasteiger partial charge in [-0.1, -0.05) is 41.6 Å². The van der Waals surface area contributed by atoms with Gasteiger partial charge in [-0.2, -0.15) is 0 Å². The Morgan fingerprint density at radius 1 is 1.08 bits per heavy atom. The number of likely N-dealkylation sites (tertiary alicyclic amines) is 1. The van der Waals surface area contributed by atoms with Crippen molar-refractivity contribution in [1.29, 1.82) is 0 Å². The van der Waals surface area contributed by atoms with Crippen LogP contribution in [0.1, 0.15) is 29.6 Å². The number of thiazole rings is 1. The van der Waals surface area contributed by atoms with Crippen molar-refractivity contribution in [2.45, 2.75) is 25.4 Å². The van der Waals surface area contributed by atoms with E-state index >= 15 is 0 Å². The Balaban J connectivity index is 1.47. The largest absolute Gasteiger partial charge is 0.288 e. The zero-order chi connectivity index (χ0) is 17.3. The van der Waals surface area contributed by atoms with Crippen molar-refractivity contribution in [3.05, 3.63) is 70.9 Å². The van der Waals surface area contributed by atoms with Gasteiger partial charge in [0.1, 0.15) is 10.7 Å². The fourth-order valence-electron chi connectivity index (χ4n) is 3.78. The molecule has 4 aromatic rings. The zero-order valence-electron chi connectivity index (χ0n) is 14.3. The number of fused-ring (bicyclic) bond motifs is 1. The minimum absolute atomic E-state index is 0.318. The molecule has 1 aliphatic rings. The van der Waals surface area contributed by atoms with Crippen LogP contribution < -0.4 is 0 Å². The summed E-state index contributed by atoms with van der Waals surface area (Å²) in [5.74, 6) is 0. The van der Waals surface area contributed by atoms with E-state index in [0.29, 0.717) is 6.04 Å². The first-order valence-corrected chi connectivity index (χ1v) is 9.79. The van der Waals surface area contributed by atoms with Crippen LogP contribution in [0.25, 0.3) is 16.6 Å². The Bertz CT molecular complexity index is 1010. The number of benzene rings is 1. The second kappa shape index (κ2) is 6.63. The molecule has 26 heavy (non-hydrogen) atoms. The summed E-state index contributed by atoms with van der Waals surface area (Å²) in [5.41, 5.74) is 4.53. The fraction of sp³-hybridized carbons (Fsp3) is 0.250. The van der Waals surface area contributed by atoms with Crippen molar-refractivity contribution in [2.24, 2.45) is 0 Å². The molecular weight excluding hydrogens is 342 g/mol. The van der Waals surface area contributed by atoms with E-state index in [1.54, 1.807) is 11.3 Å². The summed E-state index contributed by atoms with van der Waals surface area (Å²) in [6.45, 7) is 1.98. The van der Waals surface area contributed by atoms with Crippen LogP contribution in [0, 0.1) is 0 Å². The molecule has 5 rings (SSSR count). The Hall–Kier alpha value is -2.57. The van der Waals surface area contributed by atoms with Gasteiger partial charge in [0.15, 0.2) is 0 Å². The number of hydrogen-bond donors (Lipinski definition) is 0. The number of rotatable bonds is 4. The van der Waals surface area contributed by atoms with Crippen molar-refractivity contribution in [2.75, 3.05) is 6.54 Å². The predicted octanol–water partition coefficient (Wildman–Crippen LogP) is 4.19. The number of pyridine rings is 1. The average molecular weight is 361 g/mol. The fourth-order valence-corrected chi connectivity index (χ4v) is 4.42. The van der Waals surface area contributed by atoms with E-state index in [2.05, 4.69) is 62.8 Å².